The van der Waals surface area contributed by atoms with Crippen LogP contribution in [0.5, 0.6) is 0 Å². The second-order valence-electron chi connectivity index (χ2n) is 6.60. The molecule has 0 saturated heterocycles. The Morgan fingerprint density at radius 2 is 1.92 bits per heavy atom. The lowest BCUT2D eigenvalue weighted by atomic mass is 10.1. The van der Waals surface area contributed by atoms with Gasteiger partial charge in [-0.15, -0.1) is 11.3 Å². The molecule has 2 aromatic heterocycles. The molecular formula is C20H23N3OS. The topological polar surface area (TPSA) is 68.0 Å². The molecule has 0 atom stereocenters. The van der Waals surface area contributed by atoms with Crippen LogP contribution in [0.15, 0.2) is 36.4 Å². The van der Waals surface area contributed by atoms with E-state index in [9.17, 15) is 4.79 Å². The third-order valence-corrected chi connectivity index (χ3v) is 5.21. The van der Waals surface area contributed by atoms with Crippen molar-refractivity contribution < 1.29 is 4.79 Å². The number of hydrogen-bond acceptors (Lipinski definition) is 4. The average molecular weight is 353 g/mol. The minimum atomic E-state index is -0.185. The van der Waals surface area contributed by atoms with E-state index in [1.807, 2.05) is 36.4 Å². The number of thiophene rings is 1. The Morgan fingerprint density at radius 1 is 1.20 bits per heavy atom. The Bertz CT molecular complexity index is 897. The summed E-state index contributed by atoms with van der Waals surface area (Å²) in [4.78, 5) is 18.6. The summed E-state index contributed by atoms with van der Waals surface area (Å²) in [5.41, 5.74) is 9.75. The maximum absolute atomic E-state index is 12.6. The van der Waals surface area contributed by atoms with Crippen LogP contribution in [0.2, 0.25) is 0 Å². The molecule has 3 aromatic rings. The van der Waals surface area contributed by atoms with Gasteiger partial charge in [0.25, 0.3) is 5.91 Å². The Kier molecular flexibility index (Phi) is 5.04. The number of nitrogens with one attached hydrogen (secondary N) is 1. The number of hydrogen-bond donors (Lipinski definition) is 2. The van der Waals surface area contributed by atoms with Crippen molar-refractivity contribution in [2.75, 3.05) is 11.1 Å². The molecule has 0 spiro atoms. The molecule has 0 unspecified atom stereocenters. The Hall–Kier alpha value is -2.40. The first-order chi connectivity index (χ1) is 12.0. The molecule has 130 valence electrons. The lowest BCUT2D eigenvalue weighted by molar-refractivity contribution is 0.103. The predicted octanol–water partition coefficient (Wildman–Crippen LogP) is 4.89. The van der Waals surface area contributed by atoms with Crippen LogP contribution in [-0.4, -0.2) is 10.9 Å². The fourth-order valence-corrected chi connectivity index (χ4v) is 3.76. The second-order valence-corrected chi connectivity index (χ2v) is 7.60. The van der Waals surface area contributed by atoms with Crippen LogP contribution >= 0.6 is 11.3 Å². The van der Waals surface area contributed by atoms with Crippen LogP contribution in [0.4, 0.5) is 11.4 Å². The zero-order valence-electron chi connectivity index (χ0n) is 14.8. The van der Waals surface area contributed by atoms with E-state index in [2.05, 4.69) is 31.1 Å². The van der Waals surface area contributed by atoms with Gasteiger partial charge in [0, 0.05) is 16.8 Å². The summed E-state index contributed by atoms with van der Waals surface area (Å²) >= 11 is 1.35. The number of aromatic nitrogens is 1. The van der Waals surface area contributed by atoms with Gasteiger partial charge in [-0.05, 0) is 48.6 Å². The van der Waals surface area contributed by atoms with E-state index < -0.39 is 0 Å². The summed E-state index contributed by atoms with van der Waals surface area (Å²) in [6.45, 7) is 6.43. The summed E-state index contributed by atoms with van der Waals surface area (Å²) < 4.78 is 0. The lowest BCUT2D eigenvalue weighted by Gasteiger charge is -2.05. The first kappa shape index (κ1) is 17.4. The van der Waals surface area contributed by atoms with Gasteiger partial charge >= 0.3 is 0 Å². The molecule has 0 aliphatic rings. The van der Waals surface area contributed by atoms with Gasteiger partial charge in [0.1, 0.15) is 9.71 Å². The maximum atomic E-state index is 12.6. The zero-order chi connectivity index (χ0) is 18.0. The van der Waals surface area contributed by atoms with E-state index in [-0.39, 0.29) is 5.91 Å². The molecule has 3 rings (SSSR count). The summed E-state index contributed by atoms with van der Waals surface area (Å²) in [6, 6.07) is 11.8. The fourth-order valence-electron chi connectivity index (χ4n) is 2.75. The highest BCUT2D eigenvalue weighted by molar-refractivity contribution is 7.21. The van der Waals surface area contributed by atoms with Crippen molar-refractivity contribution in [1.82, 2.24) is 4.98 Å². The molecular weight excluding hydrogens is 330 g/mol. The molecule has 4 nitrogen and oxygen atoms in total. The maximum Gasteiger partial charge on any atom is 0.267 e. The summed E-state index contributed by atoms with van der Waals surface area (Å²) in [7, 11) is 0. The Balaban J connectivity index is 1.86. The number of amides is 1. The van der Waals surface area contributed by atoms with E-state index in [0.717, 1.165) is 34.4 Å². The monoisotopic (exact) mass is 353 g/mol. The molecule has 3 N–H and O–H groups in total. The van der Waals surface area contributed by atoms with Crippen molar-refractivity contribution in [3.8, 4) is 0 Å². The van der Waals surface area contributed by atoms with Gasteiger partial charge < -0.3 is 11.1 Å². The highest BCUT2D eigenvalue weighted by atomic mass is 32.1. The highest BCUT2D eigenvalue weighted by Crippen LogP contribution is 2.33. The van der Waals surface area contributed by atoms with E-state index in [1.165, 1.54) is 16.9 Å². The van der Waals surface area contributed by atoms with Crippen LogP contribution in [0, 0.1) is 5.92 Å². The molecule has 0 saturated carbocycles. The normalized spacial score (nSPS) is 11.2. The van der Waals surface area contributed by atoms with Crippen molar-refractivity contribution >= 4 is 38.8 Å². The number of nitrogen functional groups attached to an aromatic ring is 1. The quantitative estimate of drug-likeness (QED) is 0.686. The molecule has 0 aliphatic carbocycles. The number of pyridine rings is 1. The molecule has 5 heteroatoms. The highest BCUT2D eigenvalue weighted by Gasteiger charge is 2.18. The minimum absolute atomic E-state index is 0.185. The van der Waals surface area contributed by atoms with Gasteiger partial charge in [0.15, 0.2) is 0 Å². The number of nitrogens with two attached hydrogens (primary N) is 1. The van der Waals surface area contributed by atoms with E-state index in [0.29, 0.717) is 16.5 Å². The lowest BCUT2D eigenvalue weighted by Crippen LogP contribution is -2.11. The number of carbonyl (C=O) groups is 1. The Morgan fingerprint density at radius 3 is 2.56 bits per heavy atom. The molecule has 2 heterocycles. The van der Waals surface area contributed by atoms with Gasteiger partial charge in [0.2, 0.25) is 0 Å². The van der Waals surface area contributed by atoms with Crippen molar-refractivity contribution in [1.29, 1.82) is 0 Å². The largest absolute Gasteiger partial charge is 0.397 e. The number of anilines is 2. The number of fused-ring (bicyclic) bond motifs is 1. The smallest absolute Gasteiger partial charge is 0.267 e. The predicted molar refractivity (Wildman–Crippen MR) is 106 cm³/mol. The third kappa shape index (κ3) is 3.82. The summed E-state index contributed by atoms with van der Waals surface area (Å²) in [6.07, 6.45) is 1.89. The fraction of sp³-hybridized carbons (Fsp3) is 0.300. The van der Waals surface area contributed by atoms with Gasteiger partial charge in [-0.2, -0.15) is 0 Å². The standard InChI is InChI=1S/C20H23N3OS/c1-4-13-5-7-14(8-6-13)22-19(24)18-17(21)16-10-9-15(11-12(2)3)23-20(16)25-18/h5-10,12H,4,11,21H2,1-3H3,(H,22,24). The first-order valence-corrected chi connectivity index (χ1v) is 9.37. The van der Waals surface area contributed by atoms with Crippen LogP contribution in [-0.2, 0) is 12.8 Å². The van der Waals surface area contributed by atoms with Crippen LogP contribution in [0.1, 0.15) is 41.7 Å². The average Bonchev–Trinajstić information content (AvgIpc) is 2.91. The summed E-state index contributed by atoms with van der Waals surface area (Å²) in [5.74, 6) is 0.353. The van der Waals surface area contributed by atoms with Crippen molar-refractivity contribution in [3.05, 3.63) is 52.5 Å². The van der Waals surface area contributed by atoms with Gasteiger partial charge in [-0.1, -0.05) is 32.9 Å². The number of aryl methyl sites for hydroxylation is 1. The molecule has 0 radical (unpaired) electrons. The van der Waals surface area contributed by atoms with Crippen LogP contribution in [0.25, 0.3) is 10.2 Å². The van der Waals surface area contributed by atoms with Crippen LogP contribution in [0.3, 0.4) is 0 Å². The molecule has 0 aliphatic heterocycles. The number of rotatable bonds is 5. The SMILES string of the molecule is CCc1ccc(NC(=O)c2sc3nc(CC(C)C)ccc3c2N)cc1. The van der Waals surface area contributed by atoms with Crippen molar-refractivity contribution in [2.24, 2.45) is 5.92 Å². The van der Waals surface area contributed by atoms with E-state index >= 15 is 0 Å². The van der Waals surface area contributed by atoms with Gasteiger partial charge in [-0.25, -0.2) is 4.98 Å². The number of carbonyl (C=O) groups excluding carboxylic acids is 1. The van der Waals surface area contributed by atoms with Gasteiger partial charge in [-0.3, -0.25) is 4.79 Å². The molecule has 1 amide bonds. The summed E-state index contributed by atoms with van der Waals surface area (Å²) in [5, 5.41) is 3.77. The molecule has 0 fully saturated rings. The first-order valence-electron chi connectivity index (χ1n) is 8.56. The zero-order valence-corrected chi connectivity index (χ0v) is 15.6. The van der Waals surface area contributed by atoms with Crippen LogP contribution < -0.4 is 11.1 Å². The number of benzene rings is 1. The van der Waals surface area contributed by atoms with E-state index in [4.69, 9.17) is 5.73 Å². The molecule has 25 heavy (non-hydrogen) atoms. The van der Waals surface area contributed by atoms with E-state index in [1.54, 1.807) is 0 Å². The van der Waals surface area contributed by atoms with Crippen molar-refractivity contribution in [2.45, 2.75) is 33.6 Å². The second kappa shape index (κ2) is 7.23. The Labute approximate surface area is 152 Å². The molecule has 0 bridgehead atoms. The van der Waals surface area contributed by atoms with Crippen molar-refractivity contribution in [3.63, 3.8) is 0 Å². The third-order valence-electron chi connectivity index (χ3n) is 4.10. The number of nitrogens with zero attached hydrogens (tertiary/aromatic N) is 1. The minimum Gasteiger partial charge on any atom is -0.397 e. The van der Waals surface area contributed by atoms with Gasteiger partial charge in [0.05, 0.1) is 5.69 Å². The molecule has 1 aromatic carbocycles.